The molecule has 1 heterocycles. The lowest BCUT2D eigenvalue weighted by molar-refractivity contribution is -0.218. The summed E-state index contributed by atoms with van der Waals surface area (Å²) in [5.41, 5.74) is 0. The van der Waals surface area contributed by atoms with Crippen LogP contribution in [0.1, 0.15) is 84.0 Å². The van der Waals surface area contributed by atoms with Gasteiger partial charge in [-0.05, 0) is 6.42 Å². The summed E-state index contributed by atoms with van der Waals surface area (Å²) in [5.74, 6) is -3.69. The average Bonchev–Trinajstić information content (AvgIpc) is 2.73. The third-order valence-corrected chi connectivity index (χ3v) is 5.06. The Labute approximate surface area is 144 Å². The quantitative estimate of drug-likeness (QED) is 0.482. The van der Waals surface area contributed by atoms with E-state index in [1.165, 1.54) is 44.9 Å². The molecule has 1 fully saturated rings. The molecule has 2 N–H and O–H groups in total. The van der Waals surface area contributed by atoms with Crippen LogP contribution in [0.4, 0.5) is 0 Å². The molecule has 0 spiro atoms. The van der Waals surface area contributed by atoms with E-state index in [-0.39, 0.29) is 6.42 Å². The molecule has 0 amide bonds. The van der Waals surface area contributed by atoms with Gasteiger partial charge in [0, 0.05) is 6.42 Å². The van der Waals surface area contributed by atoms with Gasteiger partial charge in [0.25, 0.3) is 5.79 Å². The molecule has 7 nitrogen and oxygen atoms in total. The van der Waals surface area contributed by atoms with E-state index >= 15 is 0 Å². The summed E-state index contributed by atoms with van der Waals surface area (Å²) in [6.07, 6.45) is 10.00. The van der Waals surface area contributed by atoms with Crippen molar-refractivity contribution >= 4 is 16.2 Å². The first-order chi connectivity index (χ1) is 11.3. The van der Waals surface area contributed by atoms with Gasteiger partial charge in [0.2, 0.25) is 6.29 Å². The zero-order valence-corrected chi connectivity index (χ0v) is 15.2. The van der Waals surface area contributed by atoms with Gasteiger partial charge in [0.05, 0.1) is 0 Å². The van der Waals surface area contributed by atoms with Gasteiger partial charge in [-0.1, -0.05) is 71.1 Å². The summed E-state index contributed by atoms with van der Waals surface area (Å²) in [6.45, 7) is 2.20. The van der Waals surface area contributed by atoms with Crippen LogP contribution in [-0.2, 0) is 23.6 Å². The molecule has 2 unspecified atom stereocenters. The first kappa shape index (κ1) is 21.5. The fourth-order valence-electron chi connectivity index (χ4n) is 2.71. The molecule has 2 atom stereocenters. The number of hydrogen-bond donors (Lipinski definition) is 2. The fourth-order valence-corrected chi connectivity index (χ4v) is 3.59. The van der Waals surface area contributed by atoms with Crippen LogP contribution in [0.25, 0.3) is 0 Å². The van der Waals surface area contributed by atoms with Crippen molar-refractivity contribution in [2.75, 3.05) is 0 Å². The van der Waals surface area contributed by atoms with E-state index in [1.54, 1.807) is 0 Å². The molecule has 1 aliphatic heterocycles. The molecule has 0 aliphatic carbocycles. The zero-order valence-electron chi connectivity index (χ0n) is 14.4. The molecular formula is C16H30O7S. The number of ketones is 1. The molecule has 0 aromatic heterocycles. The van der Waals surface area contributed by atoms with Crippen molar-refractivity contribution in [3.63, 3.8) is 0 Å². The van der Waals surface area contributed by atoms with Gasteiger partial charge in [0.15, 0.2) is 5.78 Å². The molecule has 1 aliphatic rings. The van der Waals surface area contributed by atoms with Gasteiger partial charge in [-0.3, -0.25) is 4.79 Å². The van der Waals surface area contributed by atoms with E-state index in [2.05, 4.69) is 15.3 Å². The van der Waals surface area contributed by atoms with Crippen LogP contribution in [-0.4, -0.2) is 36.5 Å². The first-order valence-electron chi connectivity index (χ1n) is 8.89. The minimum absolute atomic E-state index is 0.0660. The summed E-state index contributed by atoms with van der Waals surface area (Å²) in [5, 5.41) is 19.1. The molecule has 0 radical (unpaired) electrons. The Hall–Kier alpha value is -0.540. The van der Waals surface area contributed by atoms with Crippen LogP contribution >= 0.6 is 0 Å². The normalized spacial score (nSPS) is 25.9. The standard InChI is InChI=1S/C16H30O7S/c1-2-3-4-5-6-7-8-9-10-11-12-13-14(17)16(19)15(18)22-24(20,21)23-16/h15,18-19H,2-13H2,1H3. The number of carbonyl (C=O) groups excluding carboxylic acids is 1. The highest BCUT2D eigenvalue weighted by atomic mass is 32.3. The Morgan fingerprint density at radius 1 is 0.958 bits per heavy atom. The SMILES string of the molecule is CCCCCCCCCCCCCC(=O)C1(O)OS(=O)(=O)OC1O. The summed E-state index contributed by atoms with van der Waals surface area (Å²) in [4.78, 5) is 11.8. The van der Waals surface area contributed by atoms with Gasteiger partial charge in [0.1, 0.15) is 0 Å². The second kappa shape index (κ2) is 10.5. The summed E-state index contributed by atoms with van der Waals surface area (Å²) in [7, 11) is -4.52. The van der Waals surface area contributed by atoms with E-state index in [9.17, 15) is 23.4 Å². The third-order valence-electron chi connectivity index (χ3n) is 4.18. The van der Waals surface area contributed by atoms with Crippen molar-refractivity contribution in [2.24, 2.45) is 0 Å². The Kier molecular flexibility index (Phi) is 9.36. The van der Waals surface area contributed by atoms with E-state index in [0.29, 0.717) is 6.42 Å². The van der Waals surface area contributed by atoms with Crippen molar-refractivity contribution in [3.05, 3.63) is 0 Å². The predicted molar refractivity (Wildman–Crippen MR) is 88.1 cm³/mol. The monoisotopic (exact) mass is 366 g/mol. The smallest absolute Gasteiger partial charge is 0.362 e. The van der Waals surface area contributed by atoms with Crippen molar-refractivity contribution in [2.45, 2.75) is 96.1 Å². The topological polar surface area (TPSA) is 110 Å². The molecule has 24 heavy (non-hydrogen) atoms. The second-order valence-corrected chi connectivity index (χ2v) is 7.52. The van der Waals surface area contributed by atoms with Crippen molar-refractivity contribution in [1.29, 1.82) is 0 Å². The van der Waals surface area contributed by atoms with E-state index in [0.717, 1.165) is 19.3 Å². The van der Waals surface area contributed by atoms with Crippen LogP contribution in [0, 0.1) is 0 Å². The lowest BCUT2D eigenvalue weighted by Gasteiger charge is -2.19. The molecule has 0 saturated carbocycles. The lowest BCUT2D eigenvalue weighted by atomic mass is 10.0. The number of aliphatic hydroxyl groups excluding tert-OH is 1. The highest BCUT2D eigenvalue weighted by molar-refractivity contribution is 7.82. The van der Waals surface area contributed by atoms with Crippen LogP contribution in [0.2, 0.25) is 0 Å². The van der Waals surface area contributed by atoms with Crippen molar-refractivity contribution in [3.8, 4) is 0 Å². The Morgan fingerprint density at radius 2 is 1.42 bits per heavy atom. The van der Waals surface area contributed by atoms with Crippen molar-refractivity contribution in [1.82, 2.24) is 0 Å². The molecular weight excluding hydrogens is 336 g/mol. The number of rotatable bonds is 13. The molecule has 1 rings (SSSR count). The van der Waals surface area contributed by atoms with E-state index in [4.69, 9.17) is 0 Å². The summed E-state index contributed by atoms with van der Waals surface area (Å²) in [6, 6.07) is 0. The summed E-state index contributed by atoms with van der Waals surface area (Å²) < 4.78 is 30.2. The number of aliphatic hydroxyl groups is 2. The highest BCUT2D eigenvalue weighted by Gasteiger charge is 2.57. The van der Waals surface area contributed by atoms with Gasteiger partial charge in [-0.25, -0.2) is 4.18 Å². The number of hydrogen-bond acceptors (Lipinski definition) is 7. The first-order valence-corrected chi connectivity index (χ1v) is 10.2. The van der Waals surface area contributed by atoms with Crippen LogP contribution in [0.5, 0.6) is 0 Å². The van der Waals surface area contributed by atoms with Crippen LogP contribution < -0.4 is 0 Å². The largest absolute Gasteiger partial charge is 0.405 e. The predicted octanol–water partition coefficient (Wildman–Crippen LogP) is 2.56. The Balaban J connectivity index is 2.06. The van der Waals surface area contributed by atoms with Crippen molar-refractivity contribution < 1.29 is 31.8 Å². The Bertz CT molecular complexity index is 477. The second-order valence-electron chi connectivity index (χ2n) is 6.35. The Morgan fingerprint density at radius 3 is 1.83 bits per heavy atom. The van der Waals surface area contributed by atoms with Crippen LogP contribution in [0.3, 0.4) is 0 Å². The maximum atomic E-state index is 11.8. The minimum Gasteiger partial charge on any atom is -0.362 e. The molecule has 0 aromatic rings. The average molecular weight is 366 g/mol. The zero-order chi connectivity index (χ0) is 18.1. The molecule has 0 aromatic carbocycles. The highest BCUT2D eigenvalue weighted by Crippen LogP contribution is 2.30. The molecule has 8 heteroatoms. The maximum Gasteiger partial charge on any atom is 0.405 e. The third kappa shape index (κ3) is 7.14. The van der Waals surface area contributed by atoms with E-state index < -0.39 is 28.3 Å². The number of carbonyl (C=O) groups is 1. The van der Waals surface area contributed by atoms with Gasteiger partial charge in [-0.2, -0.15) is 12.6 Å². The van der Waals surface area contributed by atoms with E-state index in [1.807, 2.05) is 0 Å². The molecule has 1 saturated heterocycles. The fraction of sp³-hybridized carbons (Fsp3) is 0.938. The lowest BCUT2D eigenvalue weighted by Crippen LogP contribution is -2.47. The maximum absolute atomic E-state index is 11.8. The van der Waals surface area contributed by atoms with Gasteiger partial charge >= 0.3 is 10.4 Å². The molecule has 142 valence electrons. The van der Waals surface area contributed by atoms with Gasteiger partial charge < -0.3 is 10.2 Å². The number of unbranched alkanes of at least 4 members (excludes halogenated alkanes) is 10. The molecule has 0 bridgehead atoms. The van der Waals surface area contributed by atoms with Gasteiger partial charge in [-0.15, -0.1) is 0 Å². The minimum atomic E-state index is -4.52. The van der Waals surface area contributed by atoms with Crippen LogP contribution in [0.15, 0.2) is 0 Å². The number of Topliss-reactive ketones (excluding diaryl/α,β-unsaturated/α-hetero) is 1. The summed E-state index contributed by atoms with van der Waals surface area (Å²) >= 11 is 0.